The van der Waals surface area contributed by atoms with Crippen LogP contribution in [-0.4, -0.2) is 34.3 Å². The monoisotopic (exact) mass is 369 g/mol. The van der Waals surface area contributed by atoms with Crippen LogP contribution in [0.1, 0.15) is 20.8 Å². The van der Waals surface area contributed by atoms with Gasteiger partial charge in [0.1, 0.15) is 5.75 Å². The van der Waals surface area contributed by atoms with Gasteiger partial charge in [-0.2, -0.15) is 0 Å². The van der Waals surface area contributed by atoms with Crippen LogP contribution in [0.5, 0.6) is 5.75 Å². The fraction of sp³-hybridized carbons (Fsp3) is 0.300. The van der Waals surface area contributed by atoms with Gasteiger partial charge in [-0.3, -0.25) is 4.79 Å². The molecule has 3 aromatic rings. The van der Waals surface area contributed by atoms with Crippen molar-refractivity contribution < 1.29 is 9.53 Å². The van der Waals surface area contributed by atoms with Gasteiger partial charge in [-0.1, -0.05) is 30.0 Å². The minimum atomic E-state index is -0.248. The SMILES string of the molecule is CCOc1ccc2nc(SC(C)C(=O)N(CC)c3ccccc3)[nH]c2c1. The van der Waals surface area contributed by atoms with Gasteiger partial charge in [0.05, 0.1) is 22.9 Å². The number of aromatic amines is 1. The Balaban J connectivity index is 1.75. The number of ether oxygens (including phenoxy) is 1. The number of aromatic nitrogens is 2. The summed E-state index contributed by atoms with van der Waals surface area (Å²) < 4.78 is 5.52. The van der Waals surface area contributed by atoms with Crippen LogP contribution in [0.4, 0.5) is 5.69 Å². The first-order valence-corrected chi connectivity index (χ1v) is 9.66. The molecule has 0 spiro atoms. The molecule has 0 radical (unpaired) electrons. The van der Waals surface area contributed by atoms with Crippen molar-refractivity contribution in [3.63, 3.8) is 0 Å². The summed E-state index contributed by atoms with van der Waals surface area (Å²) in [5, 5.41) is 0.487. The zero-order valence-electron chi connectivity index (χ0n) is 15.2. The van der Waals surface area contributed by atoms with Crippen LogP contribution in [-0.2, 0) is 4.79 Å². The molecule has 0 saturated heterocycles. The van der Waals surface area contributed by atoms with Gasteiger partial charge in [-0.25, -0.2) is 4.98 Å². The number of benzene rings is 2. The van der Waals surface area contributed by atoms with Crippen LogP contribution in [0.2, 0.25) is 0 Å². The standard InChI is InChI=1S/C20H23N3O2S/c1-4-23(15-9-7-6-8-10-15)19(24)14(3)26-20-21-17-12-11-16(25-5-2)13-18(17)22-20/h6-14H,4-5H2,1-3H3,(H,21,22). The van der Waals surface area contributed by atoms with Crippen molar-refractivity contribution in [2.75, 3.05) is 18.1 Å². The number of nitrogens with zero attached hydrogens (tertiary/aromatic N) is 2. The Morgan fingerprint density at radius 3 is 2.69 bits per heavy atom. The third-order valence-corrected chi connectivity index (χ3v) is 5.00. The smallest absolute Gasteiger partial charge is 0.240 e. The first-order chi connectivity index (χ1) is 12.6. The average Bonchev–Trinajstić information content (AvgIpc) is 3.05. The van der Waals surface area contributed by atoms with E-state index >= 15 is 0 Å². The Morgan fingerprint density at radius 2 is 2.00 bits per heavy atom. The number of fused-ring (bicyclic) bond motifs is 1. The molecule has 1 atom stereocenters. The van der Waals surface area contributed by atoms with Crippen molar-refractivity contribution in [3.8, 4) is 5.75 Å². The highest BCUT2D eigenvalue weighted by molar-refractivity contribution is 8.00. The molecule has 1 N–H and O–H groups in total. The van der Waals surface area contributed by atoms with Crippen LogP contribution in [0.3, 0.4) is 0 Å². The molecule has 1 unspecified atom stereocenters. The molecule has 2 aromatic carbocycles. The van der Waals surface area contributed by atoms with Gasteiger partial charge in [-0.15, -0.1) is 0 Å². The highest BCUT2D eigenvalue weighted by atomic mass is 32.2. The summed E-state index contributed by atoms with van der Waals surface area (Å²) >= 11 is 1.44. The molecule has 1 aromatic heterocycles. The highest BCUT2D eigenvalue weighted by Gasteiger charge is 2.22. The highest BCUT2D eigenvalue weighted by Crippen LogP contribution is 2.27. The molecule has 0 fully saturated rings. The van der Waals surface area contributed by atoms with Crippen molar-refractivity contribution in [1.82, 2.24) is 9.97 Å². The summed E-state index contributed by atoms with van der Waals surface area (Å²) in [4.78, 5) is 22.5. The third-order valence-electron chi connectivity index (χ3n) is 4.03. The van der Waals surface area contributed by atoms with Gasteiger partial charge in [0.15, 0.2) is 5.16 Å². The lowest BCUT2D eigenvalue weighted by molar-refractivity contribution is -0.117. The third kappa shape index (κ3) is 4.02. The molecule has 0 aliphatic heterocycles. The largest absolute Gasteiger partial charge is 0.494 e. The second kappa shape index (κ2) is 8.27. The number of hydrogen-bond donors (Lipinski definition) is 1. The fourth-order valence-electron chi connectivity index (χ4n) is 2.79. The van der Waals surface area contributed by atoms with Crippen LogP contribution in [0, 0.1) is 0 Å². The van der Waals surface area contributed by atoms with Crippen LogP contribution in [0.25, 0.3) is 11.0 Å². The molecule has 0 bridgehead atoms. The van der Waals surface area contributed by atoms with Crippen LogP contribution >= 0.6 is 11.8 Å². The van der Waals surface area contributed by atoms with Gasteiger partial charge < -0.3 is 14.6 Å². The maximum Gasteiger partial charge on any atom is 0.240 e. The molecule has 3 rings (SSSR count). The lowest BCUT2D eigenvalue weighted by atomic mass is 10.2. The normalized spacial score (nSPS) is 12.1. The number of thioether (sulfide) groups is 1. The number of rotatable bonds is 7. The molecular formula is C20H23N3O2S. The quantitative estimate of drug-likeness (QED) is 0.623. The zero-order chi connectivity index (χ0) is 18.5. The minimum Gasteiger partial charge on any atom is -0.494 e. The van der Waals surface area contributed by atoms with E-state index in [2.05, 4.69) is 9.97 Å². The number of anilines is 1. The fourth-order valence-corrected chi connectivity index (χ4v) is 3.67. The van der Waals surface area contributed by atoms with E-state index in [9.17, 15) is 4.79 Å². The van der Waals surface area contributed by atoms with Gasteiger partial charge >= 0.3 is 0 Å². The number of imidazole rings is 1. The average molecular weight is 369 g/mol. The summed E-state index contributed by atoms with van der Waals surface area (Å²) in [6.07, 6.45) is 0. The Kier molecular flexibility index (Phi) is 5.83. The zero-order valence-corrected chi connectivity index (χ0v) is 16.0. The number of carbonyl (C=O) groups excluding carboxylic acids is 1. The summed E-state index contributed by atoms with van der Waals surface area (Å²) in [5.41, 5.74) is 2.69. The predicted molar refractivity (Wildman–Crippen MR) is 107 cm³/mol. The molecule has 0 aliphatic carbocycles. The number of hydrogen-bond acceptors (Lipinski definition) is 4. The molecule has 1 amide bonds. The first-order valence-electron chi connectivity index (χ1n) is 8.78. The number of amides is 1. The molecule has 0 aliphatic rings. The Bertz CT molecular complexity index is 879. The number of H-pyrrole nitrogens is 1. The van der Waals surface area contributed by atoms with E-state index in [1.54, 1.807) is 4.90 Å². The predicted octanol–water partition coefficient (Wildman–Crippen LogP) is 4.50. The van der Waals surface area contributed by atoms with Gasteiger partial charge in [0.2, 0.25) is 5.91 Å². The summed E-state index contributed by atoms with van der Waals surface area (Å²) in [7, 11) is 0. The van der Waals surface area contributed by atoms with Gasteiger partial charge in [-0.05, 0) is 45.0 Å². The molecule has 0 saturated carbocycles. The summed E-state index contributed by atoms with van der Waals surface area (Å²) in [6, 6.07) is 15.5. The lowest BCUT2D eigenvalue weighted by Crippen LogP contribution is -2.36. The van der Waals surface area contributed by atoms with Crippen molar-refractivity contribution in [3.05, 3.63) is 48.5 Å². The number of nitrogens with one attached hydrogen (secondary N) is 1. The van der Waals surface area contributed by atoms with Crippen LogP contribution in [0.15, 0.2) is 53.7 Å². The van der Waals surface area contributed by atoms with Gasteiger partial charge in [0, 0.05) is 18.3 Å². The van der Waals surface area contributed by atoms with Crippen molar-refractivity contribution in [1.29, 1.82) is 0 Å². The molecule has 6 heteroatoms. The second-order valence-corrected chi connectivity index (χ2v) is 7.16. The molecule has 136 valence electrons. The maximum absolute atomic E-state index is 12.9. The second-order valence-electron chi connectivity index (χ2n) is 5.83. The van der Waals surface area contributed by atoms with E-state index in [1.807, 2.05) is 69.3 Å². The molecule has 5 nitrogen and oxygen atoms in total. The van der Waals surface area contributed by atoms with E-state index in [-0.39, 0.29) is 11.2 Å². The Hall–Kier alpha value is -2.47. The van der Waals surface area contributed by atoms with Crippen LogP contribution < -0.4 is 9.64 Å². The molecule has 1 heterocycles. The Labute approximate surface area is 157 Å². The van der Waals surface area contributed by atoms with E-state index in [1.165, 1.54) is 11.8 Å². The number of carbonyl (C=O) groups is 1. The van der Waals surface area contributed by atoms with Crippen molar-refractivity contribution >= 4 is 34.4 Å². The van der Waals surface area contributed by atoms with Crippen molar-refractivity contribution in [2.45, 2.75) is 31.2 Å². The number of para-hydroxylation sites is 1. The first kappa shape index (κ1) is 18.3. The maximum atomic E-state index is 12.9. The molecule has 26 heavy (non-hydrogen) atoms. The van der Waals surface area contributed by atoms with E-state index in [0.717, 1.165) is 27.6 Å². The van der Waals surface area contributed by atoms with Gasteiger partial charge in [0.25, 0.3) is 0 Å². The van der Waals surface area contributed by atoms with Crippen molar-refractivity contribution in [2.24, 2.45) is 0 Å². The van der Waals surface area contributed by atoms with E-state index in [0.29, 0.717) is 13.2 Å². The topological polar surface area (TPSA) is 58.2 Å². The van der Waals surface area contributed by atoms with E-state index in [4.69, 9.17) is 4.74 Å². The van der Waals surface area contributed by atoms with E-state index < -0.39 is 0 Å². The minimum absolute atomic E-state index is 0.0687. The summed E-state index contributed by atoms with van der Waals surface area (Å²) in [5.74, 6) is 0.879. The molecular weight excluding hydrogens is 346 g/mol. The lowest BCUT2D eigenvalue weighted by Gasteiger charge is -2.23. The summed E-state index contributed by atoms with van der Waals surface area (Å²) in [6.45, 7) is 7.11. The Morgan fingerprint density at radius 1 is 1.23 bits per heavy atom.